The zero-order valence-electron chi connectivity index (χ0n) is 27.8. The third-order valence-electron chi connectivity index (χ3n) is 8.95. The van der Waals surface area contributed by atoms with Gasteiger partial charge in [-0.15, -0.1) is 0 Å². The first-order chi connectivity index (χ1) is 23.1. The second-order valence-corrected chi connectivity index (χ2v) is 14.2. The molecule has 6 rings (SSSR count). The predicted octanol–water partition coefficient (Wildman–Crippen LogP) is 4.59. The molecule has 4 heterocycles. The molecule has 13 nitrogen and oxygen atoms in total. The number of piperazine rings is 1. The highest BCUT2D eigenvalue weighted by Crippen LogP contribution is 2.38. The van der Waals surface area contributed by atoms with Crippen molar-refractivity contribution in [3.63, 3.8) is 0 Å². The molecule has 4 aromatic rings. The van der Waals surface area contributed by atoms with Crippen molar-refractivity contribution >= 4 is 55.6 Å². The standard InChI is InChI=1S/C33H43FN10O3S/c1-5-6-22-19-27(29(47-3)20-28(22)44-13-9-23(10-14-44)43-17-15-42(2)16-18-43)39-33-37-21-24(34)32(40-33)38-26-8-7-25-30(36-12-11-35-25)31(26)41-48(4,45)46/h7-8,11-12,19-21,23,41H,5-6,9-10,13-18H2,1-4H3,(H2,37,38,39,40). The van der Waals surface area contributed by atoms with E-state index in [1.807, 2.05) is 0 Å². The Bertz CT molecular complexity index is 1860. The summed E-state index contributed by atoms with van der Waals surface area (Å²) in [6.45, 7) is 8.65. The Morgan fingerprint density at radius 2 is 1.73 bits per heavy atom. The zero-order chi connectivity index (χ0) is 33.8. The van der Waals surface area contributed by atoms with Gasteiger partial charge < -0.3 is 25.2 Å². The number of methoxy groups -OCH3 is 1. The van der Waals surface area contributed by atoms with Crippen molar-refractivity contribution in [2.45, 2.75) is 38.6 Å². The number of nitrogens with one attached hydrogen (secondary N) is 3. The molecule has 0 spiro atoms. The van der Waals surface area contributed by atoms with Gasteiger partial charge in [-0.3, -0.25) is 19.6 Å². The lowest BCUT2D eigenvalue weighted by molar-refractivity contribution is 0.0982. The van der Waals surface area contributed by atoms with Crippen molar-refractivity contribution in [3.8, 4) is 5.75 Å². The van der Waals surface area contributed by atoms with E-state index < -0.39 is 15.8 Å². The second-order valence-electron chi connectivity index (χ2n) is 12.4. The summed E-state index contributed by atoms with van der Waals surface area (Å²) in [7, 11) is 0.120. The Hall–Kier alpha value is -4.34. The summed E-state index contributed by atoms with van der Waals surface area (Å²) in [6.07, 6.45) is 9.15. The fraction of sp³-hybridized carbons (Fsp3) is 0.455. The van der Waals surface area contributed by atoms with Crippen LogP contribution in [0.4, 0.5) is 38.9 Å². The number of hydrogen-bond acceptors (Lipinski definition) is 12. The van der Waals surface area contributed by atoms with E-state index in [-0.39, 0.29) is 23.1 Å². The van der Waals surface area contributed by atoms with Crippen LogP contribution in [0.15, 0.2) is 42.9 Å². The SMILES string of the molecule is CCCc1cc(Nc2ncc(F)c(Nc3ccc4nccnc4c3NS(C)(=O)=O)n2)c(OC)cc1N1CCC(N2CCN(C)CC2)CC1. The van der Waals surface area contributed by atoms with Gasteiger partial charge in [0.15, 0.2) is 11.6 Å². The van der Waals surface area contributed by atoms with Crippen LogP contribution in [0.5, 0.6) is 5.75 Å². The smallest absolute Gasteiger partial charge is 0.229 e. The Morgan fingerprint density at radius 1 is 0.979 bits per heavy atom. The number of anilines is 6. The van der Waals surface area contributed by atoms with Gasteiger partial charge in [0.05, 0.1) is 42.1 Å². The van der Waals surface area contributed by atoms with Crippen LogP contribution in [-0.4, -0.2) is 104 Å². The van der Waals surface area contributed by atoms with Crippen molar-refractivity contribution in [1.29, 1.82) is 0 Å². The highest BCUT2D eigenvalue weighted by molar-refractivity contribution is 7.92. The largest absolute Gasteiger partial charge is 0.494 e. The lowest BCUT2D eigenvalue weighted by atomic mass is 9.99. The Labute approximate surface area is 281 Å². The Morgan fingerprint density at radius 3 is 2.44 bits per heavy atom. The number of sulfonamides is 1. The lowest BCUT2D eigenvalue weighted by Gasteiger charge is -2.43. The maximum atomic E-state index is 15.1. The molecular formula is C33H43FN10O3S. The number of fused-ring (bicyclic) bond motifs is 1. The van der Waals surface area contributed by atoms with E-state index in [9.17, 15) is 8.42 Å². The third kappa shape index (κ3) is 7.69. The molecule has 0 aliphatic carbocycles. The number of halogens is 1. The van der Waals surface area contributed by atoms with Gasteiger partial charge in [0, 0.05) is 69.5 Å². The van der Waals surface area contributed by atoms with E-state index in [2.05, 4.69) is 76.1 Å². The first kappa shape index (κ1) is 33.6. The van der Waals surface area contributed by atoms with Crippen molar-refractivity contribution in [1.82, 2.24) is 29.7 Å². The van der Waals surface area contributed by atoms with Crippen molar-refractivity contribution in [2.24, 2.45) is 0 Å². The lowest BCUT2D eigenvalue weighted by Crippen LogP contribution is -2.52. The van der Waals surface area contributed by atoms with Crippen LogP contribution in [0.25, 0.3) is 11.0 Å². The van der Waals surface area contributed by atoms with Gasteiger partial charge in [0.1, 0.15) is 11.3 Å². The van der Waals surface area contributed by atoms with E-state index >= 15 is 4.39 Å². The predicted molar refractivity (Wildman–Crippen MR) is 188 cm³/mol. The van der Waals surface area contributed by atoms with E-state index in [4.69, 9.17) is 4.74 Å². The minimum Gasteiger partial charge on any atom is -0.494 e. The van der Waals surface area contributed by atoms with E-state index in [1.54, 1.807) is 19.2 Å². The van der Waals surface area contributed by atoms with Crippen molar-refractivity contribution in [3.05, 3.63) is 54.2 Å². The average molecular weight is 679 g/mol. The van der Waals surface area contributed by atoms with Crippen LogP contribution in [0.1, 0.15) is 31.7 Å². The fourth-order valence-corrected chi connectivity index (χ4v) is 7.07. The molecule has 2 fully saturated rings. The number of hydrogen-bond donors (Lipinski definition) is 3. The molecule has 256 valence electrons. The van der Waals surface area contributed by atoms with Gasteiger partial charge in [-0.25, -0.2) is 17.8 Å². The number of piperidine rings is 1. The molecule has 3 N–H and O–H groups in total. The molecule has 2 aliphatic rings. The van der Waals surface area contributed by atoms with Gasteiger partial charge in [-0.05, 0) is 50.1 Å². The number of likely N-dealkylation sites (N-methyl/N-ethyl adjacent to an activating group) is 1. The van der Waals surface area contributed by atoms with Gasteiger partial charge in [0.2, 0.25) is 16.0 Å². The molecule has 2 aliphatic heterocycles. The molecule has 0 bridgehead atoms. The van der Waals surface area contributed by atoms with Gasteiger partial charge in [-0.1, -0.05) is 13.3 Å². The molecule has 0 atom stereocenters. The topological polar surface area (TPSA) is 141 Å². The third-order valence-corrected chi connectivity index (χ3v) is 9.53. The molecule has 15 heteroatoms. The maximum Gasteiger partial charge on any atom is 0.229 e. The first-order valence-electron chi connectivity index (χ1n) is 16.3. The van der Waals surface area contributed by atoms with Gasteiger partial charge >= 0.3 is 0 Å². The minimum atomic E-state index is -3.70. The Kier molecular flexibility index (Phi) is 10.1. The van der Waals surface area contributed by atoms with Crippen LogP contribution in [-0.2, 0) is 16.4 Å². The van der Waals surface area contributed by atoms with Crippen LogP contribution >= 0.6 is 0 Å². The molecule has 48 heavy (non-hydrogen) atoms. The van der Waals surface area contributed by atoms with Gasteiger partial charge in [0.25, 0.3) is 0 Å². The van der Waals surface area contributed by atoms with E-state index in [0.29, 0.717) is 28.5 Å². The summed E-state index contributed by atoms with van der Waals surface area (Å²) < 4.78 is 47.8. The van der Waals surface area contributed by atoms with E-state index in [0.717, 1.165) is 77.4 Å². The normalized spacial score (nSPS) is 16.6. The molecule has 2 aromatic carbocycles. The monoisotopic (exact) mass is 678 g/mol. The van der Waals surface area contributed by atoms with Crippen LogP contribution in [0, 0.1) is 5.82 Å². The number of aromatic nitrogens is 4. The summed E-state index contributed by atoms with van der Waals surface area (Å²) >= 11 is 0. The highest BCUT2D eigenvalue weighted by atomic mass is 32.2. The quantitative estimate of drug-likeness (QED) is 0.204. The summed E-state index contributed by atoms with van der Waals surface area (Å²) in [4.78, 5) is 24.6. The number of benzene rings is 2. The molecular weight excluding hydrogens is 635 g/mol. The summed E-state index contributed by atoms with van der Waals surface area (Å²) in [6, 6.07) is 8.01. The second kappa shape index (κ2) is 14.4. The molecule has 0 radical (unpaired) electrons. The zero-order valence-corrected chi connectivity index (χ0v) is 28.6. The van der Waals surface area contributed by atoms with Crippen LogP contribution in [0.3, 0.4) is 0 Å². The summed E-state index contributed by atoms with van der Waals surface area (Å²) in [5, 5.41) is 6.14. The van der Waals surface area contributed by atoms with Crippen LogP contribution in [0.2, 0.25) is 0 Å². The number of rotatable bonds is 11. The number of aryl methyl sites for hydroxylation is 1. The average Bonchev–Trinajstić information content (AvgIpc) is 3.07. The van der Waals surface area contributed by atoms with Crippen LogP contribution < -0.4 is 25.0 Å². The minimum absolute atomic E-state index is 0.129. The molecule has 2 aromatic heterocycles. The highest BCUT2D eigenvalue weighted by Gasteiger charge is 2.28. The molecule has 0 saturated carbocycles. The van der Waals surface area contributed by atoms with Gasteiger partial charge in [-0.2, -0.15) is 4.98 Å². The van der Waals surface area contributed by atoms with E-state index in [1.165, 1.54) is 23.6 Å². The Balaban J connectivity index is 1.24. The molecule has 0 unspecified atom stereocenters. The van der Waals surface area contributed by atoms with Crippen molar-refractivity contribution < 1.29 is 17.5 Å². The maximum absolute atomic E-state index is 15.1. The number of ether oxygens (including phenoxy) is 1. The summed E-state index contributed by atoms with van der Waals surface area (Å²) in [5.41, 5.74) is 4.17. The first-order valence-corrected chi connectivity index (χ1v) is 18.2. The summed E-state index contributed by atoms with van der Waals surface area (Å²) in [5.74, 6) is -0.112. The molecule has 2 saturated heterocycles. The molecule has 0 amide bonds. The van der Waals surface area contributed by atoms with Crippen molar-refractivity contribution in [2.75, 3.05) is 79.9 Å². The fourth-order valence-electron chi connectivity index (χ4n) is 6.50. The number of nitrogens with zero attached hydrogens (tertiary/aromatic N) is 7.